The number of ether oxygens (including phenoxy) is 1. The third-order valence-electron chi connectivity index (χ3n) is 1.50. The third-order valence-corrected chi connectivity index (χ3v) is 2.33. The molecule has 0 aliphatic heterocycles. The number of thiazole rings is 1. The van der Waals surface area contributed by atoms with Crippen molar-refractivity contribution in [2.75, 3.05) is 25.1 Å². The van der Waals surface area contributed by atoms with E-state index in [9.17, 15) is 4.79 Å². The molecule has 16 heavy (non-hydrogen) atoms. The number of nitrogens with one attached hydrogen (secondary N) is 1. The molecule has 0 spiro atoms. The fourth-order valence-corrected chi connectivity index (χ4v) is 1.59. The number of hydrogen-bond acceptors (Lipinski definition) is 5. The molecule has 0 aliphatic rings. The van der Waals surface area contributed by atoms with Crippen LogP contribution in [0.4, 0.5) is 5.13 Å². The molecule has 0 saturated heterocycles. The van der Waals surface area contributed by atoms with Crippen LogP contribution in [0.3, 0.4) is 0 Å². The van der Waals surface area contributed by atoms with Crippen LogP contribution in [-0.2, 0) is 9.53 Å². The highest BCUT2D eigenvalue weighted by Gasteiger charge is 2.05. The fraction of sp³-hybridized carbons (Fsp3) is 0.400. The number of hydrogen-bond donors (Lipinski definition) is 2. The first-order valence-corrected chi connectivity index (χ1v) is 5.60. The lowest BCUT2D eigenvalue weighted by Crippen LogP contribution is -2.17. The predicted molar refractivity (Wildman–Crippen MR) is 63.2 cm³/mol. The molecule has 0 radical (unpaired) electrons. The van der Waals surface area contributed by atoms with Crippen LogP contribution in [0.1, 0.15) is 11.8 Å². The Morgan fingerprint density at radius 3 is 3.25 bits per heavy atom. The Bertz CT molecular complexity index is 406. The van der Waals surface area contributed by atoms with Crippen LogP contribution in [0.25, 0.3) is 0 Å². The second kappa shape index (κ2) is 6.95. The predicted octanol–water partition coefficient (Wildman–Crippen LogP) is 0.428. The van der Waals surface area contributed by atoms with Gasteiger partial charge in [0.25, 0.3) is 5.91 Å². The van der Waals surface area contributed by atoms with Gasteiger partial charge in [0, 0.05) is 6.61 Å². The highest BCUT2D eigenvalue weighted by molar-refractivity contribution is 7.16. The Labute approximate surface area is 98.0 Å². The summed E-state index contributed by atoms with van der Waals surface area (Å²) in [7, 11) is 0. The molecule has 0 saturated carbocycles. The van der Waals surface area contributed by atoms with Gasteiger partial charge in [-0.3, -0.25) is 10.1 Å². The summed E-state index contributed by atoms with van der Waals surface area (Å²) in [6.45, 7) is 2.69. The molecule has 1 amide bonds. The van der Waals surface area contributed by atoms with Gasteiger partial charge in [0.15, 0.2) is 5.13 Å². The Morgan fingerprint density at radius 2 is 2.56 bits per heavy atom. The minimum Gasteiger partial charge on any atom is -0.372 e. The molecule has 0 bridgehead atoms. The van der Waals surface area contributed by atoms with E-state index in [4.69, 9.17) is 10.5 Å². The molecule has 86 valence electrons. The summed E-state index contributed by atoms with van der Waals surface area (Å²) in [6.07, 6.45) is 1.60. The first kappa shape index (κ1) is 12.6. The van der Waals surface area contributed by atoms with E-state index in [-0.39, 0.29) is 12.5 Å². The van der Waals surface area contributed by atoms with Gasteiger partial charge in [0.2, 0.25) is 0 Å². The number of nitrogens with two attached hydrogens (primary N) is 1. The SMILES string of the molecule is CCOCC(=O)Nc1ncc(C#CCN)s1. The summed E-state index contributed by atoms with van der Waals surface area (Å²) in [5.41, 5.74) is 5.24. The van der Waals surface area contributed by atoms with Crippen molar-refractivity contribution in [1.29, 1.82) is 0 Å². The van der Waals surface area contributed by atoms with Gasteiger partial charge in [-0.15, -0.1) is 0 Å². The molecular weight excluding hydrogens is 226 g/mol. The van der Waals surface area contributed by atoms with Gasteiger partial charge in [0.05, 0.1) is 17.6 Å². The topological polar surface area (TPSA) is 77.2 Å². The standard InChI is InChI=1S/C10H13N3O2S/c1-2-15-7-9(14)13-10-12-6-8(16-10)4-3-5-11/h6H,2,5,7,11H2,1H3,(H,12,13,14). The van der Waals surface area contributed by atoms with Crippen LogP contribution < -0.4 is 11.1 Å². The van der Waals surface area contributed by atoms with Crippen LogP contribution in [0.5, 0.6) is 0 Å². The molecular formula is C10H13N3O2S. The van der Waals surface area contributed by atoms with Gasteiger partial charge in [-0.05, 0) is 6.92 Å². The van der Waals surface area contributed by atoms with E-state index in [0.29, 0.717) is 18.3 Å². The molecule has 1 rings (SSSR count). The molecule has 0 aromatic carbocycles. The van der Waals surface area contributed by atoms with Crippen molar-refractivity contribution in [2.24, 2.45) is 5.73 Å². The maximum absolute atomic E-state index is 11.3. The first-order valence-electron chi connectivity index (χ1n) is 4.78. The van der Waals surface area contributed by atoms with Crippen molar-refractivity contribution in [2.45, 2.75) is 6.92 Å². The number of anilines is 1. The zero-order chi connectivity index (χ0) is 11.8. The molecule has 1 aromatic rings. The number of amides is 1. The van der Waals surface area contributed by atoms with E-state index in [1.54, 1.807) is 6.20 Å². The van der Waals surface area contributed by atoms with Gasteiger partial charge in [-0.2, -0.15) is 0 Å². The van der Waals surface area contributed by atoms with Crippen LogP contribution in [-0.4, -0.2) is 30.6 Å². The second-order valence-electron chi connectivity index (χ2n) is 2.72. The molecule has 5 nitrogen and oxygen atoms in total. The number of carbonyl (C=O) groups is 1. The molecule has 1 aromatic heterocycles. The molecule has 0 aliphatic carbocycles. The van der Waals surface area contributed by atoms with Gasteiger partial charge in [-0.1, -0.05) is 23.2 Å². The third kappa shape index (κ3) is 4.40. The summed E-state index contributed by atoms with van der Waals surface area (Å²) < 4.78 is 4.96. The highest BCUT2D eigenvalue weighted by atomic mass is 32.1. The summed E-state index contributed by atoms with van der Waals surface area (Å²) in [6, 6.07) is 0. The first-order chi connectivity index (χ1) is 7.76. The van der Waals surface area contributed by atoms with Crippen LogP contribution in [0, 0.1) is 11.8 Å². The minimum absolute atomic E-state index is 0.0416. The average Bonchev–Trinajstić information content (AvgIpc) is 2.71. The van der Waals surface area contributed by atoms with E-state index in [1.165, 1.54) is 11.3 Å². The molecule has 6 heteroatoms. The largest absolute Gasteiger partial charge is 0.372 e. The second-order valence-corrected chi connectivity index (χ2v) is 3.75. The minimum atomic E-state index is -0.213. The van der Waals surface area contributed by atoms with E-state index in [0.717, 1.165) is 4.88 Å². The number of rotatable bonds is 4. The van der Waals surface area contributed by atoms with Crippen LogP contribution in [0.2, 0.25) is 0 Å². The number of carbonyl (C=O) groups excluding carboxylic acids is 1. The lowest BCUT2D eigenvalue weighted by molar-refractivity contribution is -0.120. The molecule has 0 fully saturated rings. The zero-order valence-corrected chi connectivity index (χ0v) is 9.76. The number of nitrogens with zero attached hydrogens (tertiary/aromatic N) is 1. The van der Waals surface area contributed by atoms with Crippen molar-refractivity contribution < 1.29 is 9.53 Å². The summed E-state index contributed by atoms with van der Waals surface area (Å²) >= 11 is 1.31. The van der Waals surface area contributed by atoms with Gasteiger partial charge >= 0.3 is 0 Å². The van der Waals surface area contributed by atoms with Crippen molar-refractivity contribution in [1.82, 2.24) is 4.98 Å². The Balaban J connectivity index is 2.48. The van der Waals surface area contributed by atoms with E-state index in [1.807, 2.05) is 6.92 Å². The van der Waals surface area contributed by atoms with Crippen molar-refractivity contribution in [3.8, 4) is 11.8 Å². The number of aromatic nitrogens is 1. The van der Waals surface area contributed by atoms with E-state index < -0.39 is 0 Å². The summed E-state index contributed by atoms with van der Waals surface area (Å²) in [5.74, 6) is 5.34. The van der Waals surface area contributed by atoms with E-state index >= 15 is 0 Å². The van der Waals surface area contributed by atoms with Gasteiger partial charge < -0.3 is 10.5 Å². The smallest absolute Gasteiger partial charge is 0.252 e. The zero-order valence-electron chi connectivity index (χ0n) is 8.95. The lowest BCUT2D eigenvalue weighted by Gasteiger charge is -2.00. The average molecular weight is 239 g/mol. The van der Waals surface area contributed by atoms with Crippen molar-refractivity contribution >= 4 is 22.4 Å². The maximum atomic E-state index is 11.3. The van der Waals surface area contributed by atoms with Crippen molar-refractivity contribution in [3.05, 3.63) is 11.1 Å². The van der Waals surface area contributed by atoms with Crippen molar-refractivity contribution in [3.63, 3.8) is 0 Å². The molecule has 0 unspecified atom stereocenters. The monoisotopic (exact) mass is 239 g/mol. The summed E-state index contributed by atoms with van der Waals surface area (Å²) in [4.78, 5) is 16.0. The highest BCUT2D eigenvalue weighted by Crippen LogP contribution is 2.16. The van der Waals surface area contributed by atoms with Crippen LogP contribution in [0.15, 0.2) is 6.20 Å². The summed E-state index contributed by atoms with van der Waals surface area (Å²) in [5, 5.41) is 3.14. The Morgan fingerprint density at radius 1 is 1.75 bits per heavy atom. The normalized spacial score (nSPS) is 9.38. The van der Waals surface area contributed by atoms with Gasteiger partial charge in [-0.25, -0.2) is 4.98 Å². The maximum Gasteiger partial charge on any atom is 0.252 e. The Kier molecular flexibility index (Phi) is 5.50. The van der Waals surface area contributed by atoms with E-state index in [2.05, 4.69) is 22.1 Å². The Hall–Kier alpha value is -1.42. The molecule has 0 atom stereocenters. The lowest BCUT2D eigenvalue weighted by atomic mass is 10.5. The molecule has 1 heterocycles. The quantitative estimate of drug-likeness (QED) is 0.747. The molecule has 3 N–H and O–H groups in total. The fourth-order valence-electron chi connectivity index (χ4n) is 0.878. The van der Waals surface area contributed by atoms with Gasteiger partial charge in [0.1, 0.15) is 6.61 Å². The van der Waals surface area contributed by atoms with Crippen LogP contribution >= 0.6 is 11.3 Å².